The molecular formula is C35H32O6. The molecule has 0 saturated carbocycles. The molecule has 6 heteroatoms. The van der Waals surface area contributed by atoms with E-state index in [0.29, 0.717) is 12.9 Å². The molecule has 1 unspecified atom stereocenters. The van der Waals surface area contributed by atoms with Crippen LogP contribution in [0.1, 0.15) is 54.9 Å². The molecule has 208 valence electrons. The van der Waals surface area contributed by atoms with Gasteiger partial charge in [-0.1, -0.05) is 97.1 Å². The van der Waals surface area contributed by atoms with Crippen LogP contribution in [0.15, 0.2) is 97.1 Å². The van der Waals surface area contributed by atoms with Crippen LogP contribution >= 0.6 is 0 Å². The molecule has 0 heterocycles. The fourth-order valence-electron chi connectivity index (χ4n) is 5.68. The third-order valence-corrected chi connectivity index (χ3v) is 7.38. The second-order valence-corrected chi connectivity index (χ2v) is 11.0. The molecule has 4 aromatic rings. The summed E-state index contributed by atoms with van der Waals surface area (Å²) < 4.78 is 15.8. The van der Waals surface area contributed by atoms with Gasteiger partial charge in [0.2, 0.25) is 6.10 Å². The van der Waals surface area contributed by atoms with Crippen LogP contribution in [0.4, 0.5) is 0 Å². The Kier molecular flexibility index (Phi) is 8.02. The molecule has 0 spiro atoms. The molecule has 1 atom stereocenters. The molecular weight excluding hydrogens is 516 g/mol. The molecule has 6 rings (SSSR count). The zero-order valence-corrected chi connectivity index (χ0v) is 23.3. The van der Waals surface area contributed by atoms with Crippen molar-refractivity contribution in [2.75, 3.05) is 6.61 Å². The number of esters is 1. The summed E-state index contributed by atoms with van der Waals surface area (Å²) in [5, 5.41) is 0. The smallest absolute Gasteiger partial charge is 0.348 e. The molecule has 0 aliphatic heterocycles. The van der Waals surface area contributed by atoms with Crippen LogP contribution in [0.5, 0.6) is 0 Å². The highest BCUT2D eigenvalue weighted by Gasteiger charge is 2.41. The Morgan fingerprint density at radius 2 is 1.10 bits per heavy atom. The van der Waals surface area contributed by atoms with Gasteiger partial charge in [-0.05, 0) is 65.3 Å². The van der Waals surface area contributed by atoms with Gasteiger partial charge in [-0.15, -0.1) is 0 Å². The molecule has 0 N–H and O–H groups in total. The monoisotopic (exact) mass is 548 g/mol. The second-order valence-electron chi connectivity index (χ2n) is 11.0. The Morgan fingerprint density at radius 1 is 0.683 bits per heavy atom. The van der Waals surface area contributed by atoms with E-state index >= 15 is 0 Å². The number of carbonyl (C=O) groups is 3. The fraction of sp³-hybridized carbons (Fsp3) is 0.229. The highest BCUT2D eigenvalue weighted by atomic mass is 16.6. The number of ether oxygens (including phenoxy) is 3. The lowest BCUT2D eigenvalue weighted by Crippen LogP contribution is -2.33. The summed E-state index contributed by atoms with van der Waals surface area (Å²) in [6.07, 6.45) is -1.06. The molecule has 0 radical (unpaired) electrons. The van der Waals surface area contributed by atoms with Gasteiger partial charge in [-0.25, -0.2) is 4.79 Å². The summed E-state index contributed by atoms with van der Waals surface area (Å²) in [5.41, 5.74) is 8.32. The van der Waals surface area contributed by atoms with Crippen LogP contribution in [0.2, 0.25) is 0 Å². The number of hydrogen-bond donors (Lipinski definition) is 0. The first-order valence-corrected chi connectivity index (χ1v) is 13.6. The molecule has 2 aliphatic rings. The largest absolute Gasteiger partial charge is 0.462 e. The summed E-state index contributed by atoms with van der Waals surface area (Å²) in [6, 6.07) is 32.3. The zero-order valence-electron chi connectivity index (χ0n) is 23.3. The maximum Gasteiger partial charge on any atom is 0.348 e. The van der Waals surface area contributed by atoms with E-state index < -0.39 is 18.0 Å². The highest BCUT2D eigenvalue weighted by Crippen LogP contribution is 2.48. The average molecular weight is 549 g/mol. The molecule has 0 bridgehead atoms. The minimum atomic E-state index is -1.06. The molecule has 0 saturated heterocycles. The fourth-order valence-corrected chi connectivity index (χ4v) is 5.68. The normalized spacial score (nSPS) is 13.8. The molecule has 0 fully saturated rings. The summed E-state index contributed by atoms with van der Waals surface area (Å²) in [6.45, 7) is 6.45. The van der Waals surface area contributed by atoms with E-state index in [2.05, 4.69) is 29.0 Å². The van der Waals surface area contributed by atoms with Crippen LogP contribution in [0, 0.1) is 0 Å². The summed E-state index contributed by atoms with van der Waals surface area (Å²) in [5.74, 6) is -1.00. The van der Waals surface area contributed by atoms with Gasteiger partial charge in [0.15, 0.2) is 0 Å². The van der Waals surface area contributed by atoms with Crippen LogP contribution in [0.25, 0.3) is 22.3 Å². The van der Waals surface area contributed by atoms with E-state index in [1.54, 1.807) is 0 Å². The molecule has 6 nitrogen and oxygen atoms in total. The number of benzene rings is 4. The highest BCUT2D eigenvalue weighted by molar-refractivity contribution is 5.86. The van der Waals surface area contributed by atoms with Crippen LogP contribution in [0.3, 0.4) is 0 Å². The van der Waals surface area contributed by atoms with Gasteiger partial charge in [0, 0.05) is 5.92 Å². The van der Waals surface area contributed by atoms with E-state index in [0.717, 1.165) is 33.4 Å². The van der Waals surface area contributed by atoms with Crippen LogP contribution in [-0.4, -0.2) is 37.2 Å². The first kappa shape index (κ1) is 27.8. The second kappa shape index (κ2) is 11.8. The Labute approximate surface area is 239 Å². The quantitative estimate of drug-likeness (QED) is 0.146. The minimum absolute atomic E-state index is 0.0589. The van der Waals surface area contributed by atoms with Gasteiger partial charge in [-0.2, -0.15) is 0 Å². The van der Waals surface area contributed by atoms with Crippen molar-refractivity contribution in [1.29, 1.82) is 0 Å². The first-order chi connectivity index (χ1) is 19.8. The lowest BCUT2D eigenvalue weighted by atomic mass is 9.91. The van der Waals surface area contributed by atoms with Gasteiger partial charge in [0.05, 0.1) is 5.92 Å². The summed E-state index contributed by atoms with van der Waals surface area (Å²) in [4.78, 5) is 34.5. The van der Waals surface area contributed by atoms with Gasteiger partial charge in [0.1, 0.15) is 12.2 Å². The predicted octanol–water partition coefficient (Wildman–Crippen LogP) is 6.65. The lowest BCUT2D eigenvalue weighted by Gasteiger charge is -2.23. The third-order valence-electron chi connectivity index (χ3n) is 7.38. The minimum Gasteiger partial charge on any atom is -0.462 e. The van der Waals surface area contributed by atoms with E-state index in [-0.39, 0.29) is 18.1 Å². The number of carbonyl (C=O) groups excluding carboxylic acids is 3. The van der Waals surface area contributed by atoms with Crippen molar-refractivity contribution in [3.63, 3.8) is 0 Å². The molecule has 0 aromatic heterocycles. The van der Waals surface area contributed by atoms with Crippen molar-refractivity contribution < 1.29 is 28.6 Å². The van der Waals surface area contributed by atoms with Crippen molar-refractivity contribution >= 4 is 18.9 Å². The Bertz CT molecular complexity index is 1480. The number of fused-ring (bicyclic) bond motifs is 6. The van der Waals surface area contributed by atoms with Crippen molar-refractivity contribution in [1.82, 2.24) is 0 Å². The standard InChI is InChI=1S/C30H22O4.C5H10O2/c31-18-34-29(28-25-15-7-5-11-21(25)22-12-6-8-16-26(22)28)30(32)33-17-27-23-13-3-1-9-19(23)20-10-2-4-14-24(20)27;1-5(2,3)7-4-6/h1-16,18,27-29H,17H2;4H,1-3H3. The van der Waals surface area contributed by atoms with Crippen molar-refractivity contribution in [3.05, 3.63) is 119 Å². The third kappa shape index (κ3) is 5.64. The van der Waals surface area contributed by atoms with Crippen molar-refractivity contribution in [2.24, 2.45) is 0 Å². The van der Waals surface area contributed by atoms with E-state index in [1.807, 2.05) is 93.6 Å². The van der Waals surface area contributed by atoms with Crippen molar-refractivity contribution in [3.8, 4) is 22.3 Å². The molecule has 0 amide bonds. The zero-order chi connectivity index (χ0) is 29.0. The Balaban J connectivity index is 0.000000431. The van der Waals surface area contributed by atoms with E-state index in [1.165, 1.54) is 11.1 Å². The lowest BCUT2D eigenvalue weighted by molar-refractivity contribution is -0.162. The molecule has 2 aliphatic carbocycles. The Morgan fingerprint density at radius 3 is 1.49 bits per heavy atom. The Hall–Kier alpha value is -4.71. The van der Waals surface area contributed by atoms with Gasteiger partial charge in [-0.3, -0.25) is 9.59 Å². The number of hydrogen-bond acceptors (Lipinski definition) is 6. The molecule has 4 aromatic carbocycles. The maximum atomic E-state index is 13.4. The van der Waals surface area contributed by atoms with Gasteiger partial charge < -0.3 is 14.2 Å². The summed E-state index contributed by atoms with van der Waals surface area (Å²) in [7, 11) is 0. The average Bonchev–Trinajstić information content (AvgIpc) is 3.47. The summed E-state index contributed by atoms with van der Waals surface area (Å²) >= 11 is 0. The van der Waals surface area contributed by atoms with E-state index in [9.17, 15) is 14.4 Å². The van der Waals surface area contributed by atoms with Crippen LogP contribution < -0.4 is 0 Å². The van der Waals surface area contributed by atoms with Crippen LogP contribution in [-0.2, 0) is 28.6 Å². The van der Waals surface area contributed by atoms with Gasteiger partial charge >= 0.3 is 5.97 Å². The number of rotatable bonds is 7. The topological polar surface area (TPSA) is 78.9 Å². The molecule has 41 heavy (non-hydrogen) atoms. The SMILES string of the molecule is CC(C)(C)OC=O.O=COC(C(=O)OCC1c2ccccc2-c2ccccc21)C1c2ccccc2-c2ccccc21. The van der Waals surface area contributed by atoms with Crippen molar-refractivity contribution in [2.45, 2.75) is 44.3 Å². The van der Waals surface area contributed by atoms with E-state index in [4.69, 9.17) is 9.47 Å². The predicted molar refractivity (Wildman–Crippen MR) is 156 cm³/mol. The van der Waals surface area contributed by atoms with Gasteiger partial charge in [0.25, 0.3) is 12.9 Å². The maximum absolute atomic E-state index is 13.4. The first-order valence-electron chi connectivity index (χ1n) is 13.6.